The molecule has 2 heterocycles. The molecule has 1 fully saturated rings. The molecule has 0 aliphatic carbocycles. The van der Waals surface area contributed by atoms with E-state index in [4.69, 9.17) is 4.42 Å². The van der Waals surface area contributed by atoms with Gasteiger partial charge in [0.05, 0.1) is 5.75 Å². The molecule has 1 aromatic heterocycles. The van der Waals surface area contributed by atoms with E-state index < -0.39 is 0 Å². The Kier molecular flexibility index (Phi) is 4.65. The minimum Gasteiger partial charge on any atom is -0.455 e. The molecule has 0 N–H and O–H groups in total. The summed E-state index contributed by atoms with van der Waals surface area (Å²) in [6, 6.07) is 13.9. The van der Waals surface area contributed by atoms with Gasteiger partial charge in [-0.2, -0.15) is 0 Å². The smallest absolute Gasteiger partial charge is 0.289 e. The molecule has 21 heavy (non-hydrogen) atoms. The van der Waals surface area contributed by atoms with Gasteiger partial charge in [0.2, 0.25) is 0 Å². The van der Waals surface area contributed by atoms with Gasteiger partial charge in [-0.05, 0) is 43.5 Å². The van der Waals surface area contributed by atoms with Crippen molar-refractivity contribution < 1.29 is 9.21 Å². The molecule has 4 heteroatoms. The third-order valence-corrected chi connectivity index (χ3v) is 4.67. The number of amides is 1. The molecule has 2 aromatic rings. The van der Waals surface area contributed by atoms with Crippen LogP contribution in [-0.4, -0.2) is 23.9 Å². The minimum atomic E-state index is 0.0330. The number of carbonyl (C=O) groups is 1. The number of thioether (sulfide) groups is 1. The van der Waals surface area contributed by atoms with Gasteiger partial charge >= 0.3 is 0 Å². The summed E-state index contributed by atoms with van der Waals surface area (Å²) in [5.41, 5.74) is 0. The Balaban J connectivity index is 1.59. The van der Waals surface area contributed by atoms with E-state index >= 15 is 0 Å². The van der Waals surface area contributed by atoms with Gasteiger partial charge in [0, 0.05) is 18.0 Å². The Morgan fingerprint density at radius 1 is 1.05 bits per heavy atom. The molecule has 1 aliphatic rings. The maximum Gasteiger partial charge on any atom is 0.289 e. The van der Waals surface area contributed by atoms with Crippen LogP contribution in [0.5, 0.6) is 0 Å². The number of rotatable bonds is 4. The van der Waals surface area contributed by atoms with Crippen molar-refractivity contribution in [1.82, 2.24) is 4.90 Å². The van der Waals surface area contributed by atoms with Crippen LogP contribution in [0.4, 0.5) is 0 Å². The monoisotopic (exact) mass is 301 g/mol. The number of hydrogen-bond acceptors (Lipinski definition) is 3. The van der Waals surface area contributed by atoms with Crippen LogP contribution in [0.15, 0.2) is 51.8 Å². The van der Waals surface area contributed by atoms with Crippen LogP contribution in [0.25, 0.3) is 0 Å². The Bertz CT molecular complexity index is 588. The Morgan fingerprint density at radius 2 is 1.81 bits per heavy atom. The van der Waals surface area contributed by atoms with Crippen LogP contribution in [-0.2, 0) is 5.75 Å². The molecule has 3 rings (SSSR count). The normalized spacial score (nSPS) is 15.1. The third-order valence-electron chi connectivity index (χ3n) is 3.64. The maximum absolute atomic E-state index is 12.3. The van der Waals surface area contributed by atoms with Crippen LogP contribution in [0.3, 0.4) is 0 Å². The van der Waals surface area contributed by atoms with E-state index in [1.807, 2.05) is 29.2 Å². The van der Waals surface area contributed by atoms with Crippen molar-refractivity contribution in [2.75, 3.05) is 13.1 Å². The fourth-order valence-corrected chi connectivity index (χ4v) is 3.31. The van der Waals surface area contributed by atoms with Crippen molar-refractivity contribution in [2.24, 2.45) is 0 Å². The molecule has 1 saturated heterocycles. The van der Waals surface area contributed by atoms with Gasteiger partial charge in [0.1, 0.15) is 5.76 Å². The number of hydrogen-bond donors (Lipinski definition) is 0. The highest BCUT2D eigenvalue weighted by atomic mass is 32.2. The zero-order chi connectivity index (χ0) is 14.5. The Hall–Kier alpha value is -1.68. The average molecular weight is 301 g/mol. The molecule has 1 aliphatic heterocycles. The number of nitrogens with zero attached hydrogens (tertiary/aromatic N) is 1. The number of benzene rings is 1. The van der Waals surface area contributed by atoms with E-state index in [0.717, 1.165) is 37.4 Å². The van der Waals surface area contributed by atoms with E-state index in [0.29, 0.717) is 5.76 Å². The summed E-state index contributed by atoms with van der Waals surface area (Å²) in [4.78, 5) is 15.4. The van der Waals surface area contributed by atoms with Crippen molar-refractivity contribution >= 4 is 17.7 Å². The van der Waals surface area contributed by atoms with Crippen molar-refractivity contribution in [1.29, 1.82) is 0 Å². The zero-order valence-electron chi connectivity index (χ0n) is 12.0. The lowest BCUT2D eigenvalue weighted by Gasteiger charge is -2.25. The van der Waals surface area contributed by atoms with Crippen LogP contribution in [0.1, 0.15) is 35.6 Å². The second-order valence-electron chi connectivity index (χ2n) is 5.22. The summed E-state index contributed by atoms with van der Waals surface area (Å²) in [6.07, 6.45) is 3.42. The molecular formula is C17H19NO2S. The molecule has 3 nitrogen and oxygen atoms in total. The zero-order valence-corrected chi connectivity index (χ0v) is 12.8. The molecule has 1 aromatic carbocycles. The van der Waals surface area contributed by atoms with E-state index in [1.54, 1.807) is 17.8 Å². The van der Waals surface area contributed by atoms with Crippen LogP contribution >= 0.6 is 11.8 Å². The summed E-state index contributed by atoms with van der Waals surface area (Å²) >= 11 is 1.72. The van der Waals surface area contributed by atoms with E-state index in [2.05, 4.69) is 12.1 Å². The SMILES string of the molecule is O=C(c1ccc(CSc2ccccc2)o1)N1CCCCC1. The van der Waals surface area contributed by atoms with Gasteiger partial charge in [-0.25, -0.2) is 0 Å². The van der Waals surface area contributed by atoms with Gasteiger partial charge in [-0.3, -0.25) is 4.79 Å². The fraction of sp³-hybridized carbons (Fsp3) is 0.353. The lowest BCUT2D eigenvalue weighted by atomic mass is 10.1. The van der Waals surface area contributed by atoms with Crippen molar-refractivity contribution in [3.05, 3.63) is 54.0 Å². The Labute approximate surface area is 129 Å². The van der Waals surface area contributed by atoms with Gasteiger partial charge in [0.25, 0.3) is 5.91 Å². The largest absolute Gasteiger partial charge is 0.455 e. The molecule has 0 atom stereocenters. The first kappa shape index (κ1) is 14.3. The number of piperidine rings is 1. The average Bonchev–Trinajstić information content (AvgIpc) is 3.03. The highest BCUT2D eigenvalue weighted by Crippen LogP contribution is 2.24. The standard InChI is InChI=1S/C17H19NO2S/c19-17(18-11-5-2-6-12-18)16-10-9-14(20-16)13-21-15-7-3-1-4-8-15/h1,3-4,7-10H,2,5-6,11-13H2. The van der Waals surface area contributed by atoms with Gasteiger partial charge in [0.15, 0.2) is 5.76 Å². The summed E-state index contributed by atoms with van der Waals surface area (Å²) in [5.74, 6) is 2.10. The quantitative estimate of drug-likeness (QED) is 0.794. The van der Waals surface area contributed by atoms with Crippen LogP contribution in [0.2, 0.25) is 0 Å². The number of likely N-dealkylation sites (tertiary alicyclic amines) is 1. The molecular weight excluding hydrogens is 282 g/mol. The highest BCUT2D eigenvalue weighted by Gasteiger charge is 2.20. The highest BCUT2D eigenvalue weighted by molar-refractivity contribution is 7.98. The molecule has 110 valence electrons. The predicted molar refractivity (Wildman–Crippen MR) is 84.5 cm³/mol. The van der Waals surface area contributed by atoms with Crippen molar-refractivity contribution in [2.45, 2.75) is 29.9 Å². The van der Waals surface area contributed by atoms with Crippen LogP contribution < -0.4 is 0 Å². The second kappa shape index (κ2) is 6.85. The number of carbonyl (C=O) groups excluding carboxylic acids is 1. The summed E-state index contributed by atoms with van der Waals surface area (Å²) in [5, 5.41) is 0. The van der Waals surface area contributed by atoms with Crippen LogP contribution in [0, 0.1) is 0 Å². The van der Waals surface area contributed by atoms with Gasteiger partial charge in [-0.1, -0.05) is 18.2 Å². The van der Waals surface area contributed by atoms with Crippen molar-refractivity contribution in [3.63, 3.8) is 0 Å². The van der Waals surface area contributed by atoms with E-state index in [-0.39, 0.29) is 5.91 Å². The first-order chi connectivity index (χ1) is 10.3. The first-order valence-corrected chi connectivity index (χ1v) is 8.37. The molecule has 0 bridgehead atoms. The second-order valence-corrected chi connectivity index (χ2v) is 6.27. The van der Waals surface area contributed by atoms with E-state index in [9.17, 15) is 4.79 Å². The summed E-state index contributed by atoms with van der Waals surface area (Å²) < 4.78 is 5.71. The minimum absolute atomic E-state index is 0.0330. The first-order valence-electron chi connectivity index (χ1n) is 7.39. The molecule has 0 spiro atoms. The lowest BCUT2D eigenvalue weighted by molar-refractivity contribution is 0.0690. The molecule has 0 saturated carbocycles. The van der Waals surface area contributed by atoms with Gasteiger partial charge in [-0.15, -0.1) is 11.8 Å². The third kappa shape index (κ3) is 3.70. The molecule has 0 unspecified atom stereocenters. The fourth-order valence-electron chi connectivity index (χ4n) is 2.49. The topological polar surface area (TPSA) is 33.5 Å². The Morgan fingerprint density at radius 3 is 2.57 bits per heavy atom. The molecule has 1 amide bonds. The summed E-state index contributed by atoms with van der Waals surface area (Å²) in [7, 11) is 0. The maximum atomic E-state index is 12.3. The predicted octanol–water partition coefficient (Wildman–Crippen LogP) is 4.20. The van der Waals surface area contributed by atoms with Gasteiger partial charge < -0.3 is 9.32 Å². The number of furan rings is 1. The molecule has 0 radical (unpaired) electrons. The summed E-state index contributed by atoms with van der Waals surface area (Å²) in [6.45, 7) is 1.71. The van der Waals surface area contributed by atoms with E-state index in [1.165, 1.54) is 11.3 Å². The lowest BCUT2D eigenvalue weighted by Crippen LogP contribution is -2.35. The van der Waals surface area contributed by atoms with Crippen molar-refractivity contribution in [3.8, 4) is 0 Å².